The summed E-state index contributed by atoms with van der Waals surface area (Å²) in [6.07, 6.45) is 9.26. The van der Waals surface area contributed by atoms with E-state index >= 15 is 0 Å². The second-order valence-corrected chi connectivity index (χ2v) is 7.57. The standard InChI is InChI=1S/C19H18N6OS/c1-4-16(24(8-1)12-15-3-2-10-27-15)19-22-18(23-26-19)14-5-6-17(21-11-14)25-9-7-20-13-25/h2-3,5-7,9-11,13,16H,1,4,8,12H2. The first-order chi connectivity index (χ1) is 13.4. The van der Waals surface area contributed by atoms with Gasteiger partial charge in [-0.05, 0) is 43.0 Å². The van der Waals surface area contributed by atoms with Crippen LogP contribution in [0.5, 0.6) is 0 Å². The number of imidazole rings is 1. The highest BCUT2D eigenvalue weighted by Gasteiger charge is 2.31. The van der Waals surface area contributed by atoms with Gasteiger partial charge in [-0.2, -0.15) is 4.98 Å². The summed E-state index contributed by atoms with van der Waals surface area (Å²) in [5, 5.41) is 6.30. The van der Waals surface area contributed by atoms with Gasteiger partial charge in [-0.1, -0.05) is 11.2 Å². The van der Waals surface area contributed by atoms with Crippen molar-refractivity contribution in [3.63, 3.8) is 0 Å². The van der Waals surface area contributed by atoms with Crippen LogP contribution in [0.4, 0.5) is 0 Å². The number of likely N-dealkylation sites (tertiary alicyclic amines) is 1. The summed E-state index contributed by atoms with van der Waals surface area (Å²) in [5.41, 5.74) is 0.844. The number of hydrogen-bond acceptors (Lipinski definition) is 7. The van der Waals surface area contributed by atoms with E-state index in [0.29, 0.717) is 11.7 Å². The second-order valence-electron chi connectivity index (χ2n) is 6.54. The molecule has 4 aromatic rings. The van der Waals surface area contributed by atoms with E-state index in [2.05, 4.69) is 42.5 Å². The summed E-state index contributed by atoms with van der Waals surface area (Å²) >= 11 is 1.79. The molecule has 1 saturated heterocycles. The number of nitrogens with zero attached hydrogens (tertiary/aromatic N) is 6. The molecule has 0 saturated carbocycles. The maximum Gasteiger partial charge on any atom is 0.244 e. The molecule has 1 aliphatic rings. The van der Waals surface area contributed by atoms with Crippen LogP contribution in [-0.2, 0) is 6.54 Å². The van der Waals surface area contributed by atoms with Gasteiger partial charge in [-0.3, -0.25) is 9.47 Å². The van der Waals surface area contributed by atoms with Gasteiger partial charge in [0.1, 0.15) is 12.1 Å². The van der Waals surface area contributed by atoms with E-state index in [9.17, 15) is 0 Å². The normalized spacial score (nSPS) is 17.6. The molecule has 0 bridgehead atoms. The largest absolute Gasteiger partial charge is 0.337 e. The summed E-state index contributed by atoms with van der Waals surface area (Å²) in [7, 11) is 0. The molecule has 1 aliphatic heterocycles. The van der Waals surface area contributed by atoms with Crippen molar-refractivity contribution in [3.05, 3.63) is 65.3 Å². The Morgan fingerprint density at radius 1 is 1.26 bits per heavy atom. The molecule has 8 heteroatoms. The topological polar surface area (TPSA) is 72.9 Å². The molecule has 0 N–H and O–H groups in total. The summed E-state index contributed by atoms with van der Waals surface area (Å²) in [6, 6.07) is 8.33. The lowest BCUT2D eigenvalue weighted by Crippen LogP contribution is -2.22. The van der Waals surface area contributed by atoms with Crippen molar-refractivity contribution in [1.29, 1.82) is 0 Å². The minimum absolute atomic E-state index is 0.187. The number of rotatable bonds is 5. The molecule has 0 spiro atoms. The van der Waals surface area contributed by atoms with Gasteiger partial charge in [0.25, 0.3) is 0 Å². The summed E-state index contributed by atoms with van der Waals surface area (Å²) in [4.78, 5) is 16.9. The number of hydrogen-bond donors (Lipinski definition) is 0. The van der Waals surface area contributed by atoms with Gasteiger partial charge in [-0.15, -0.1) is 11.3 Å². The van der Waals surface area contributed by atoms with Gasteiger partial charge in [0, 0.05) is 35.6 Å². The molecule has 0 radical (unpaired) electrons. The van der Waals surface area contributed by atoms with Crippen molar-refractivity contribution in [2.75, 3.05) is 6.54 Å². The molecule has 7 nitrogen and oxygen atoms in total. The fourth-order valence-electron chi connectivity index (χ4n) is 3.45. The lowest BCUT2D eigenvalue weighted by atomic mass is 10.2. The first kappa shape index (κ1) is 16.3. The lowest BCUT2D eigenvalue weighted by Gasteiger charge is -2.20. The third-order valence-corrected chi connectivity index (χ3v) is 5.67. The molecule has 1 unspecified atom stereocenters. The minimum atomic E-state index is 0.187. The van der Waals surface area contributed by atoms with Gasteiger partial charge in [-0.25, -0.2) is 9.97 Å². The molecule has 4 aromatic heterocycles. The van der Waals surface area contributed by atoms with Gasteiger partial charge >= 0.3 is 0 Å². The minimum Gasteiger partial charge on any atom is -0.337 e. The van der Waals surface area contributed by atoms with E-state index in [-0.39, 0.29) is 6.04 Å². The predicted molar refractivity (Wildman–Crippen MR) is 101 cm³/mol. The third-order valence-electron chi connectivity index (χ3n) is 4.80. The van der Waals surface area contributed by atoms with Crippen LogP contribution in [-0.4, -0.2) is 36.1 Å². The maximum atomic E-state index is 5.61. The van der Waals surface area contributed by atoms with Crippen molar-refractivity contribution < 1.29 is 4.52 Å². The quantitative estimate of drug-likeness (QED) is 0.527. The van der Waals surface area contributed by atoms with Gasteiger partial charge in [0.2, 0.25) is 11.7 Å². The molecular formula is C19H18N6OS. The molecule has 5 rings (SSSR count). The molecule has 0 aromatic carbocycles. The average molecular weight is 378 g/mol. The Kier molecular flexibility index (Phi) is 4.27. The van der Waals surface area contributed by atoms with Gasteiger partial charge in [0.05, 0.1) is 6.04 Å². The highest BCUT2D eigenvalue weighted by atomic mass is 32.1. The van der Waals surface area contributed by atoms with E-state index in [1.54, 1.807) is 30.1 Å². The van der Waals surface area contributed by atoms with Gasteiger partial charge in [0.15, 0.2) is 0 Å². The zero-order valence-electron chi connectivity index (χ0n) is 14.6. The Hall–Kier alpha value is -2.84. The molecule has 27 heavy (non-hydrogen) atoms. The van der Waals surface area contributed by atoms with Crippen molar-refractivity contribution in [3.8, 4) is 17.2 Å². The Morgan fingerprint density at radius 2 is 2.26 bits per heavy atom. The van der Waals surface area contributed by atoms with Crippen LogP contribution < -0.4 is 0 Å². The van der Waals surface area contributed by atoms with Crippen LogP contribution in [0.25, 0.3) is 17.2 Å². The van der Waals surface area contributed by atoms with Gasteiger partial charge < -0.3 is 4.52 Å². The Morgan fingerprint density at radius 3 is 3.04 bits per heavy atom. The molecule has 0 amide bonds. The fourth-order valence-corrected chi connectivity index (χ4v) is 4.18. The van der Waals surface area contributed by atoms with E-state index in [1.807, 2.05) is 22.9 Å². The Bertz CT molecular complexity index is 993. The number of pyridine rings is 1. The maximum absolute atomic E-state index is 5.61. The molecule has 1 fully saturated rings. The average Bonchev–Trinajstić information content (AvgIpc) is 3.48. The van der Waals surface area contributed by atoms with Crippen molar-refractivity contribution in [1.82, 2.24) is 29.6 Å². The molecule has 136 valence electrons. The molecular weight excluding hydrogens is 360 g/mol. The summed E-state index contributed by atoms with van der Waals surface area (Å²) < 4.78 is 7.47. The Labute approximate surface area is 160 Å². The zero-order chi connectivity index (χ0) is 18.1. The monoisotopic (exact) mass is 378 g/mol. The molecule has 1 atom stereocenters. The first-order valence-electron chi connectivity index (χ1n) is 8.91. The number of aromatic nitrogens is 5. The van der Waals surface area contributed by atoms with E-state index in [0.717, 1.165) is 37.3 Å². The first-order valence-corrected chi connectivity index (χ1v) is 9.79. The summed E-state index contributed by atoms with van der Waals surface area (Å²) in [6.45, 7) is 1.99. The lowest BCUT2D eigenvalue weighted by molar-refractivity contribution is 0.202. The van der Waals surface area contributed by atoms with Crippen LogP contribution in [0.2, 0.25) is 0 Å². The molecule has 5 heterocycles. The van der Waals surface area contributed by atoms with Crippen LogP contribution in [0.15, 0.2) is 59.1 Å². The van der Waals surface area contributed by atoms with E-state index in [4.69, 9.17) is 4.52 Å². The van der Waals surface area contributed by atoms with Crippen LogP contribution in [0.3, 0.4) is 0 Å². The Balaban J connectivity index is 1.34. The summed E-state index contributed by atoms with van der Waals surface area (Å²) in [5.74, 6) is 2.08. The highest BCUT2D eigenvalue weighted by molar-refractivity contribution is 7.09. The van der Waals surface area contributed by atoms with Crippen LogP contribution >= 0.6 is 11.3 Å². The zero-order valence-corrected chi connectivity index (χ0v) is 15.4. The predicted octanol–water partition coefficient (Wildman–Crippen LogP) is 3.72. The van der Waals surface area contributed by atoms with Crippen LogP contribution in [0.1, 0.15) is 29.7 Å². The molecule has 0 aliphatic carbocycles. The van der Waals surface area contributed by atoms with E-state index < -0.39 is 0 Å². The van der Waals surface area contributed by atoms with E-state index in [1.165, 1.54) is 4.88 Å². The van der Waals surface area contributed by atoms with Crippen LogP contribution in [0, 0.1) is 0 Å². The van der Waals surface area contributed by atoms with Crippen molar-refractivity contribution in [2.24, 2.45) is 0 Å². The number of thiophene rings is 1. The van der Waals surface area contributed by atoms with Crippen molar-refractivity contribution in [2.45, 2.75) is 25.4 Å². The van der Waals surface area contributed by atoms with Crippen molar-refractivity contribution >= 4 is 11.3 Å². The smallest absolute Gasteiger partial charge is 0.244 e. The SMILES string of the molecule is c1csc(CN2CCCC2c2nc(-c3ccc(-n4ccnc4)nc3)no2)c1. The highest BCUT2D eigenvalue weighted by Crippen LogP contribution is 2.33. The second kappa shape index (κ2) is 7.05. The third kappa shape index (κ3) is 3.29. The fraction of sp³-hybridized carbons (Fsp3) is 0.263.